The number of fused-ring (bicyclic) bond motifs is 1. The zero-order valence-corrected chi connectivity index (χ0v) is 13.4. The van der Waals surface area contributed by atoms with Gasteiger partial charge in [-0.2, -0.15) is 0 Å². The van der Waals surface area contributed by atoms with Gasteiger partial charge in [-0.05, 0) is 30.7 Å². The van der Waals surface area contributed by atoms with Crippen LogP contribution < -0.4 is 9.47 Å². The number of Topliss-reactive ketones (excluding diaryl/α,β-unsaturated/α-hetero) is 1. The molecule has 2 aromatic rings. The second-order valence-electron chi connectivity index (χ2n) is 5.32. The minimum Gasteiger partial charge on any atom is -0.452 e. The SMILES string of the molecule is COCC(=O)Oc1ccc2c(c1C)O/C(=C\c1ccccc1)C2=O. The smallest absolute Gasteiger partial charge is 0.337 e. The highest BCUT2D eigenvalue weighted by molar-refractivity contribution is 6.15. The molecule has 5 nitrogen and oxygen atoms in total. The Bertz CT molecular complexity index is 821. The number of rotatable bonds is 4. The Kier molecular flexibility index (Phi) is 4.44. The molecule has 2 aromatic carbocycles. The molecule has 0 saturated heterocycles. The van der Waals surface area contributed by atoms with Gasteiger partial charge < -0.3 is 14.2 Å². The van der Waals surface area contributed by atoms with E-state index < -0.39 is 5.97 Å². The van der Waals surface area contributed by atoms with E-state index in [1.165, 1.54) is 7.11 Å². The Hall–Kier alpha value is -2.92. The van der Waals surface area contributed by atoms with Crippen LogP contribution in [-0.4, -0.2) is 25.5 Å². The van der Waals surface area contributed by atoms with Crippen LogP contribution >= 0.6 is 0 Å². The molecule has 24 heavy (non-hydrogen) atoms. The number of esters is 1. The van der Waals surface area contributed by atoms with E-state index >= 15 is 0 Å². The molecule has 1 aliphatic rings. The minimum atomic E-state index is -0.509. The van der Waals surface area contributed by atoms with Crippen molar-refractivity contribution in [3.8, 4) is 11.5 Å². The summed E-state index contributed by atoms with van der Waals surface area (Å²) in [4.78, 5) is 24.0. The number of allylic oxidation sites excluding steroid dienone is 1. The molecule has 0 fully saturated rings. The summed E-state index contributed by atoms with van der Waals surface area (Å²) >= 11 is 0. The van der Waals surface area contributed by atoms with Crippen molar-refractivity contribution in [3.63, 3.8) is 0 Å². The second-order valence-corrected chi connectivity index (χ2v) is 5.32. The van der Waals surface area contributed by atoms with Gasteiger partial charge in [0.1, 0.15) is 18.1 Å². The third-order valence-corrected chi connectivity index (χ3v) is 3.62. The van der Waals surface area contributed by atoms with Crippen molar-refractivity contribution in [1.82, 2.24) is 0 Å². The van der Waals surface area contributed by atoms with Crippen molar-refractivity contribution in [2.24, 2.45) is 0 Å². The van der Waals surface area contributed by atoms with Crippen LogP contribution in [0.3, 0.4) is 0 Å². The van der Waals surface area contributed by atoms with Crippen molar-refractivity contribution < 1.29 is 23.8 Å². The Balaban J connectivity index is 1.90. The molecule has 122 valence electrons. The number of ketones is 1. The lowest BCUT2D eigenvalue weighted by molar-refractivity contribution is -0.138. The van der Waals surface area contributed by atoms with Crippen LogP contribution in [0.25, 0.3) is 6.08 Å². The summed E-state index contributed by atoms with van der Waals surface area (Å²) in [5.74, 6) is 0.325. The summed E-state index contributed by atoms with van der Waals surface area (Å²) in [6, 6.07) is 12.6. The number of methoxy groups -OCH3 is 1. The lowest BCUT2D eigenvalue weighted by Gasteiger charge is -2.09. The molecular weight excluding hydrogens is 308 g/mol. The maximum atomic E-state index is 12.5. The van der Waals surface area contributed by atoms with E-state index in [1.807, 2.05) is 30.3 Å². The molecule has 5 heteroatoms. The summed E-state index contributed by atoms with van der Waals surface area (Å²) in [7, 11) is 1.42. The van der Waals surface area contributed by atoms with Gasteiger partial charge >= 0.3 is 5.97 Å². The van der Waals surface area contributed by atoms with E-state index in [0.717, 1.165) is 5.56 Å². The van der Waals surface area contributed by atoms with Gasteiger partial charge in [0.15, 0.2) is 5.76 Å². The van der Waals surface area contributed by atoms with Gasteiger partial charge in [-0.25, -0.2) is 4.79 Å². The van der Waals surface area contributed by atoms with Crippen molar-refractivity contribution >= 4 is 17.8 Å². The predicted molar refractivity (Wildman–Crippen MR) is 88.1 cm³/mol. The molecule has 0 aromatic heterocycles. The fraction of sp³-hybridized carbons (Fsp3) is 0.158. The van der Waals surface area contributed by atoms with Crippen LogP contribution in [0, 0.1) is 6.92 Å². The highest BCUT2D eigenvalue weighted by atomic mass is 16.6. The van der Waals surface area contributed by atoms with Crippen molar-refractivity contribution in [2.75, 3.05) is 13.7 Å². The van der Waals surface area contributed by atoms with Crippen molar-refractivity contribution in [3.05, 3.63) is 64.9 Å². The fourth-order valence-corrected chi connectivity index (χ4v) is 2.45. The number of benzene rings is 2. The zero-order valence-electron chi connectivity index (χ0n) is 13.4. The van der Waals surface area contributed by atoms with Gasteiger partial charge in [-0.1, -0.05) is 30.3 Å². The van der Waals surface area contributed by atoms with Gasteiger partial charge in [-0.3, -0.25) is 4.79 Å². The van der Waals surface area contributed by atoms with E-state index in [-0.39, 0.29) is 18.1 Å². The summed E-state index contributed by atoms with van der Waals surface area (Å²) in [5.41, 5.74) is 1.93. The van der Waals surface area contributed by atoms with Crippen LogP contribution in [0.4, 0.5) is 0 Å². The summed E-state index contributed by atoms with van der Waals surface area (Å²) in [6.45, 7) is 1.60. The average Bonchev–Trinajstić information content (AvgIpc) is 2.89. The van der Waals surface area contributed by atoms with E-state index in [9.17, 15) is 9.59 Å². The van der Waals surface area contributed by atoms with Crippen LogP contribution in [-0.2, 0) is 9.53 Å². The second kappa shape index (κ2) is 6.68. The molecule has 0 bridgehead atoms. The lowest BCUT2D eigenvalue weighted by Crippen LogP contribution is -2.14. The standard InChI is InChI=1S/C19H16O5/c1-12-15(23-17(20)11-22-2)9-8-14-18(21)16(24-19(12)14)10-13-6-4-3-5-7-13/h3-10H,11H2,1-2H3/b16-10-. The molecule has 1 heterocycles. The van der Waals surface area contributed by atoms with Crippen molar-refractivity contribution in [2.45, 2.75) is 6.92 Å². The Morgan fingerprint density at radius 3 is 2.62 bits per heavy atom. The molecule has 0 N–H and O–H groups in total. The van der Waals surface area contributed by atoms with E-state index in [1.54, 1.807) is 25.1 Å². The van der Waals surface area contributed by atoms with Gasteiger partial charge in [0.2, 0.25) is 5.78 Å². The molecule has 1 aliphatic heterocycles. The monoisotopic (exact) mass is 324 g/mol. The summed E-state index contributed by atoms with van der Waals surface area (Å²) in [6.07, 6.45) is 1.69. The zero-order chi connectivity index (χ0) is 17.1. The molecule has 0 unspecified atom stereocenters. The van der Waals surface area contributed by atoms with Crippen LogP contribution in [0.15, 0.2) is 48.2 Å². The van der Waals surface area contributed by atoms with E-state index in [0.29, 0.717) is 22.6 Å². The average molecular weight is 324 g/mol. The quantitative estimate of drug-likeness (QED) is 0.491. The highest BCUT2D eigenvalue weighted by Gasteiger charge is 2.30. The normalized spacial score (nSPS) is 14.4. The van der Waals surface area contributed by atoms with Crippen LogP contribution in [0.5, 0.6) is 11.5 Å². The number of carbonyl (C=O) groups is 2. The molecule has 0 saturated carbocycles. The van der Waals surface area contributed by atoms with E-state index in [4.69, 9.17) is 14.2 Å². The van der Waals surface area contributed by atoms with Gasteiger partial charge in [0.05, 0.1) is 5.56 Å². The first-order chi connectivity index (χ1) is 11.6. The number of hydrogen-bond acceptors (Lipinski definition) is 5. The topological polar surface area (TPSA) is 61.8 Å². The van der Waals surface area contributed by atoms with Gasteiger partial charge in [0.25, 0.3) is 0 Å². The summed E-state index contributed by atoms with van der Waals surface area (Å²) < 4.78 is 15.7. The molecule has 0 atom stereocenters. The number of carbonyl (C=O) groups excluding carboxylic acids is 2. The predicted octanol–water partition coefficient (Wildman–Crippen LogP) is 3.16. The maximum Gasteiger partial charge on any atom is 0.337 e. The first-order valence-corrected chi connectivity index (χ1v) is 7.42. The van der Waals surface area contributed by atoms with Gasteiger partial charge in [-0.15, -0.1) is 0 Å². The first-order valence-electron chi connectivity index (χ1n) is 7.42. The minimum absolute atomic E-state index is 0.143. The van der Waals surface area contributed by atoms with E-state index in [2.05, 4.69) is 0 Å². The highest BCUT2D eigenvalue weighted by Crippen LogP contribution is 2.39. The van der Waals surface area contributed by atoms with Crippen molar-refractivity contribution in [1.29, 1.82) is 0 Å². The Labute approximate surface area is 139 Å². The molecule has 0 aliphatic carbocycles. The third kappa shape index (κ3) is 3.07. The molecule has 3 rings (SSSR count). The van der Waals surface area contributed by atoms with Crippen LogP contribution in [0.1, 0.15) is 21.5 Å². The Morgan fingerprint density at radius 1 is 1.17 bits per heavy atom. The fourth-order valence-electron chi connectivity index (χ4n) is 2.45. The molecular formula is C19H16O5. The number of hydrogen-bond donors (Lipinski definition) is 0. The third-order valence-electron chi connectivity index (χ3n) is 3.62. The molecule has 0 spiro atoms. The van der Waals surface area contributed by atoms with Crippen LogP contribution in [0.2, 0.25) is 0 Å². The summed E-state index contributed by atoms with van der Waals surface area (Å²) in [5, 5.41) is 0. The number of ether oxygens (including phenoxy) is 3. The Morgan fingerprint density at radius 2 is 1.92 bits per heavy atom. The first kappa shape index (κ1) is 16.0. The largest absolute Gasteiger partial charge is 0.452 e. The lowest BCUT2D eigenvalue weighted by atomic mass is 10.1. The molecule has 0 amide bonds. The van der Waals surface area contributed by atoms with Gasteiger partial charge in [0, 0.05) is 12.7 Å². The molecule has 0 radical (unpaired) electrons. The maximum absolute atomic E-state index is 12.5.